The zero-order valence-corrected chi connectivity index (χ0v) is 16.1. The van der Waals surface area contributed by atoms with Gasteiger partial charge in [0.15, 0.2) is 0 Å². The minimum atomic E-state index is 0.140. The Morgan fingerprint density at radius 1 is 1.26 bits per heavy atom. The van der Waals surface area contributed by atoms with Crippen molar-refractivity contribution in [1.82, 2.24) is 0 Å². The Kier molecular flexibility index (Phi) is 5.52. The molecule has 1 unspecified atom stereocenters. The lowest BCUT2D eigenvalue weighted by Crippen LogP contribution is -1.99. The van der Waals surface area contributed by atoms with E-state index >= 15 is 0 Å². The van der Waals surface area contributed by atoms with E-state index in [0.717, 1.165) is 15.8 Å². The average Bonchev–Trinajstić information content (AvgIpc) is 2.71. The largest absolute Gasteiger partial charge is 0.494 e. The molecule has 0 saturated carbocycles. The van der Waals surface area contributed by atoms with Gasteiger partial charge in [0.05, 0.1) is 15.2 Å². The molecule has 0 aliphatic rings. The van der Waals surface area contributed by atoms with E-state index in [2.05, 4.69) is 66.8 Å². The molecule has 102 valence electrons. The predicted octanol–water partition coefficient (Wildman–Crippen LogP) is 6.46. The highest BCUT2D eigenvalue weighted by atomic mass is 79.9. The lowest BCUT2D eigenvalue weighted by atomic mass is 10.1. The third kappa shape index (κ3) is 3.63. The van der Waals surface area contributed by atoms with E-state index in [1.165, 1.54) is 14.2 Å². The molecule has 0 fully saturated rings. The van der Waals surface area contributed by atoms with Gasteiger partial charge in [0, 0.05) is 14.9 Å². The van der Waals surface area contributed by atoms with Gasteiger partial charge in [0.25, 0.3) is 0 Å². The monoisotopic (exact) mass is 466 g/mol. The molecule has 0 aliphatic carbocycles. The molecule has 0 saturated heterocycles. The minimum absolute atomic E-state index is 0.140. The van der Waals surface area contributed by atoms with Crippen molar-refractivity contribution >= 4 is 59.1 Å². The molecular weight excluding hydrogens is 456 g/mol. The lowest BCUT2D eigenvalue weighted by molar-refractivity contribution is 0.337. The number of aryl methyl sites for hydroxylation is 1. The highest BCUT2D eigenvalue weighted by Gasteiger charge is 2.18. The van der Waals surface area contributed by atoms with Gasteiger partial charge in [-0.25, -0.2) is 0 Å². The van der Waals surface area contributed by atoms with E-state index in [-0.39, 0.29) is 4.83 Å². The predicted molar refractivity (Wildman–Crippen MR) is 92.8 cm³/mol. The number of alkyl halides is 1. The normalized spacial score (nSPS) is 12.5. The van der Waals surface area contributed by atoms with Gasteiger partial charge in [-0.3, -0.25) is 0 Å². The molecule has 0 N–H and O–H groups in total. The van der Waals surface area contributed by atoms with Gasteiger partial charge in [-0.2, -0.15) is 0 Å². The number of hydrogen-bond acceptors (Lipinski definition) is 2. The Morgan fingerprint density at radius 3 is 2.58 bits per heavy atom. The summed E-state index contributed by atoms with van der Waals surface area (Å²) in [6, 6.07) is 8.31. The van der Waals surface area contributed by atoms with Crippen LogP contribution in [0.5, 0.6) is 5.75 Å². The van der Waals surface area contributed by atoms with E-state index in [1.807, 2.05) is 19.1 Å². The third-order valence-corrected chi connectivity index (χ3v) is 6.66. The van der Waals surface area contributed by atoms with E-state index in [0.29, 0.717) is 6.61 Å². The number of hydrogen-bond donors (Lipinski definition) is 0. The van der Waals surface area contributed by atoms with Crippen molar-refractivity contribution < 1.29 is 4.74 Å². The van der Waals surface area contributed by atoms with Crippen molar-refractivity contribution in [3.63, 3.8) is 0 Å². The molecule has 0 spiro atoms. The molecular formula is C14H13Br3OS. The van der Waals surface area contributed by atoms with Crippen LogP contribution in [-0.2, 0) is 0 Å². The van der Waals surface area contributed by atoms with Gasteiger partial charge in [0.2, 0.25) is 0 Å². The summed E-state index contributed by atoms with van der Waals surface area (Å²) in [6.45, 7) is 4.77. The summed E-state index contributed by atoms with van der Waals surface area (Å²) in [6.07, 6.45) is 0. The molecule has 0 radical (unpaired) electrons. The lowest BCUT2D eigenvalue weighted by Gasteiger charge is -2.14. The second kappa shape index (κ2) is 6.74. The van der Waals surface area contributed by atoms with Gasteiger partial charge in [0.1, 0.15) is 5.75 Å². The first-order valence-corrected chi connectivity index (χ1v) is 9.17. The zero-order valence-electron chi connectivity index (χ0n) is 10.5. The summed E-state index contributed by atoms with van der Waals surface area (Å²) < 4.78 is 7.95. The van der Waals surface area contributed by atoms with Crippen LogP contribution in [0, 0.1) is 6.92 Å². The fourth-order valence-corrected chi connectivity index (χ4v) is 4.48. The van der Waals surface area contributed by atoms with Crippen LogP contribution in [0.2, 0.25) is 0 Å². The van der Waals surface area contributed by atoms with Gasteiger partial charge >= 0.3 is 0 Å². The van der Waals surface area contributed by atoms with Crippen molar-refractivity contribution in [2.45, 2.75) is 18.7 Å². The van der Waals surface area contributed by atoms with Crippen LogP contribution in [0.1, 0.15) is 27.8 Å². The Balaban J connectivity index is 2.41. The van der Waals surface area contributed by atoms with Crippen LogP contribution in [0.3, 0.4) is 0 Å². The Bertz CT molecular complexity index is 561. The maximum absolute atomic E-state index is 5.71. The molecule has 1 atom stereocenters. The topological polar surface area (TPSA) is 9.23 Å². The van der Waals surface area contributed by atoms with Crippen molar-refractivity contribution in [2.75, 3.05) is 6.61 Å². The van der Waals surface area contributed by atoms with E-state index in [4.69, 9.17) is 4.74 Å². The number of thiophene rings is 1. The highest BCUT2D eigenvalue weighted by molar-refractivity contribution is 9.11. The summed E-state index contributed by atoms with van der Waals surface area (Å²) in [5.41, 5.74) is 2.40. The van der Waals surface area contributed by atoms with E-state index in [9.17, 15) is 0 Å². The zero-order chi connectivity index (χ0) is 14.0. The fraction of sp³-hybridized carbons (Fsp3) is 0.286. The fourth-order valence-electron chi connectivity index (χ4n) is 1.77. The molecule has 1 aromatic heterocycles. The number of rotatable bonds is 4. The Morgan fingerprint density at radius 2 is 2.00 bits per heavy atom. The summed E-state index contributed by atoms with van der Waals surface area (Å²) in [7, 11) is 0. The molecule has 2 aromatic rings. The van der Waals surface area contributed by atoms with Crippen molar-refractivity contribution in [2.24, 2.45) is 0 Å². The SMILES string of the molecule is CCOc1ccc(Br)cc1C(Br)c1cc(C)c(Br)s1. The van der Waals surface area contributed by atoms with Gasteiger partial charge in [-0.05, 0) is 59.6 Å². The Labute approximate surface area is 142 Å². The average molecular weight is 469 g/mol. The van der Waals surface area contributed by atoms with E-state index in [1.54, 1.807) is 11.3 Å². The minimum Gasteiger partial charge on any atom is -0.494 e. The van der Waals surface area contributed by atoms with Gasteiger partial charge in [-0.1, -0.05) is 31.9 Å². The van der Waals surface area contributed by atoms with Gasteiger partial charge in [-0.15, -0.1) is 11.3 Å². The summed E-state index contributed by atoms with van der Waals surface area (Å²) >= 11 is 12.6. The Hall–Kier alpha value is 0.160. The van der Waals surface area contributed by atoms with Crippen LogP contribution >= 0.6 is 59.1 Å². The van der Waals surface area contributed by atoms with Gasteiger partial charge < -0.3 is 4.74 Å². The maximum Gasteiger partial charge on any atom is 0.124 e. The van der Waals surface area contributed by atoms with Crippen LogP contribution in [0.15, 0.2) is 32.5 Å². The molecule has 5 heteroatoms. The van der Waals surface area contributed by atoms with Crippen molar-refractivity contribution in [3.8, 4) is 5.75 Å². The number of benzene rings is 1. The second-order valence-corrected chi connectivity index (χ2v) is 8.32. The molecule has 0 amide bonds. The molecule has 1 heterocycles. The molecule has 0 aliphatic heterocycles. The van der Waals surface area contributed by atoms with Crippen LogP contribution in [0.4, 0.5) is 0 Å². The molecule has 2 rings (SSSR count). The van der Waals surface area contributed by atoms with E-state index < -0.39 is 0 Å². The number of ether oxygens (including phenoxy) is 1. The quantitative estimate of drug-likeness (QED) is 0.467. The number of halogens is 3. The van der Waals surface area contributed by atoms with Crippen molar-refractivity contribution in [3.05, 3.63) is 48.5 Å². The first kappa shape index (κ1) is 15.5. The first-order valence-electron chi connectivity index (χ1n) is 5.85. The highest BCUT2D eigenvalue weighted by Crippen LogP contribution is 2.42. The van der Waals surface area contributed by atoms with Crippen LogP contribution in [0.25, 0.3) is 0 Å². The molecule has 19 heavy (non-hydrogen) atoms. The molecule has 1 aromatic carbocycles. The van der Waals surface area contributed by atoms with Crippen LogP contribution in [-0.4, -0.2) is 6.61 Å². The molecule has 1 nitrogen and oxygen atoms in total. The summed E-state index contributed by atoms with van der Waals surface area (Å²) in [5.74, 6) is 0.926. The summed E-state index contributed by atoms with van der Waals surface area (Å²) in [4.78, 5) is 1.41. The maximum atomic E-state index is 5.71. The second-order valence-electron chi connectivity index (χ2n) is 4.08. The van der Waals surface area contributed by atoms with Crippen molar-refractivity contribution in [1.29, 1.82) is 0 Å². The standard InChI is InChI=1S/C14H13Br3OS/c1-3-18-11-5-4-9(15)7-10(11)13(16)12-6-8(2)14(17)19-12/h4-7,13H,3H2,1-2H3. The van der Waals surface area contributed by atoms with Crippen LogP contribution < -0.4 is 4.74 Å². The first-order chi connectivity index (χ1) is 9.02. The third-order valence-electron chi connectivity index (χ3n) is 2.67. The summed E-state index contributed by atoms with van der Waals surface area (Å²) in [5, 5.41) is 0. The molecule has 0 bridgehead atoms. The smallest absolute Gasteiger partial charge is 0.124 e.